The van der Waals surface area contributed by atoms with Crippen molar-refractivity contribution >= 4 is 24.1 Å². The molecule has 5 fully saturated rings. The quantitative estimate of drug-likeness (QED) is 0.360. The molecule has 0 spiro atoms. The molecule has 0 aromatic heterocycles. The largest absolute Gasteiger partial charge is 0.378 e. The smallest absolute Gasteiger partial charge is 0.262 e. The van der Waals surface area contributed by atoms with Crippen molar-refractivity contribution in [2.24, 2.45) is 34.2 Å². The average Bonchev–Trinajstić information content (AvgIpc) is 3.33. The fourth-order valence-electron chi connectivity index (χ4n) is 8.38. The van der Waals surface area contributed by atoms with Gasteiger partial charge in [-0.05, 0) is 97.8 Å². The third kappa shape index (κ3) is 5.63. The molecule has 1 saturated heterocycles. The van der Waals surface area contributed by atoms with Crippen molar-refractivity contribution in [1.29, 1.82) is 0 Å². The molecule has 1 atom stereocenters. The summed E-state index contributed by atoms with van der Waals surface area (Å²) >= 11 is 0. The third-order valence-electron chi connectivity index (χ3n) is 9.89. The molecule has 1 aliphatic heterocycles. The summed E-state index contributed by atoms with van der Waals surface area (Å²) in [6.07, 6.45) is 12.7. The molecule has 214 valence electrons. The first-order chi connectivity index (χ1) is 19.4. The first kappa shape index (κ1) is 27.3. The van der Waals surface area contributed by atoms with Crippen LogP contribution in [0.2, 0.25) is 0 Å². The third-order valence-corrected chi connectivity index (χ3v) is 9.89. The van der Waals surface area contributed by atoms with Crippen molar-refractivity contribution in [3.05, 3.63) is 52.7 Å². The predicted octanol–water partition coefficient (Wildman–Crippen LogP) is 4.91. The zero-order valence-corrected chi connectivity index (χ0v) is 24.0. The second-order valence-corrected chi connectivity index (χ2v) is 13.2. The van der Waals surface area contributed by atoms with Crippen LogP contribution in [0.15, 0.2) is 52.3 Å². The summed E-state index contributed by atoms with van der Waals surface area (Å²) in [4.78, 5) is 29.3. The number of hydrogen-bond acceptors (Lipinski definition) is 5. The van der Waals surface area contributed by atoms with Crippen molar-refractivity contribution in [2.45, 2.75) is 71.3 Å². The minimum Gasteiger partial charge on any atom is -0.378 e. The highest BCUT2D eigenvalue weighted by molar-refractivity contribution is 5.91. The van der Waals surface area contributed by atoms with Crippen LogP contribution in [0, 0.1) is 29.1 Å². The molecule has 40 heavy (non-hydrogen) atoms. The number of amides is 2. The van der Waals surface area contributed by atoms with Crippen LogP contribution in [0.4, 0.5) is 0 Å². The maximum atomic E-state index is 13.6. The Morgan fingerprint density at radius 3 is 2.27 bits per heavy atom. The molecule has 2 amide bonds. The lowest BCUT2D eigenvalue weighted by Crippen LogP contribution is -2.58. The monoisotopic (exact) mass is 544 g/mol. The van der Waals surface area contributed by atoms with Crippen LogP contribution in [0.5, 0.6) is 0 Å². The van der Waals surface area contributed by atoms with Crippen LogP contribution < -0.4 is 10.7 Å². The molecule has 4 saturated carbocycles. The lowest BCUT2D eigenvalue weighted by Gasteiger charge is -2.55. The number of hydrazone groups is 1. The first-order valence-electron chi connectivity index (χ1n) is 15.4. The van der Waals surface area contributed by atoms with Crippen molar-refractivity contribution in [3.8, 4) is 0 Å². The Bertz CT molecular complexity index is 1160. The summed E-state index contributed by atoms with van der Waals surface area (Å²) in [6.45, 7) is 7.09. The highest BCUT2D eigenvalue weighted by atomic mass is 16.5. The minimum absolute atomic E-state index is 0.0249. The molecule has 2 N–H and O–H groups in total. The lowest BCUT2D eigenvalue weighted by molar-refractivity contribution is -0.149. The second-order valence-electron chi connectivity index (χ2n) is 13.2. The predicted molar refractivity (Wildman–Crippen MR) is 157 cm³/mol. The molecule has 1 aromatic carbocycles. The standard InChI is InChI=1S/C33H44N4O3/c1-22(2)29(35-32(39)33-18-24-14-25(19-33)16-26(15-24)20-33)31(38)36-34-21-28-9-8-27(17-23-6-4-3-5-7-23)30(28)37-10-12-40-13-11-37/h3-7,17,21-22,24-26,29H,8-16,18-20H2,1-2H3,(H,35,39)(H,36,38)/b27-17+,34-21-/t24?,25?,26?,29-,33?/m0/s1. The van der Waals surface area contributed by atoms with E-state index in [1.807, 2.05) is 26.1 Å². The van der Waals surface area contributed by atoms with E-state index in [4.69, 9.17) is 4.74 Å². The van der Waals surface area contributed by atoms with Gasteiger partial charge in [0.25, 0.3) is 5.91 Å². The summed E-state index contributed by atoms with van der Waals surface area (Å²) in [5, 5.41) is 7.60. The van der Waals surface area contributed by atoms with E-state index in [9.17, 15) is 9.59 Å². The van der Waals surface area contributed by atoms with Crippen LogP contribution in [-0.2, 0) is 14.3 Å². The van der Waals surface area contributed by atoms with E-state index in [1.54, 1.807) is 0 Å². The van der Waals surface area contributed by atoms with E-state index < -0.39 is 6.04 Å². The number of carbonyl (C=O) groups excluding carboxylic acids is 2. The van der Waals surface area contributed by atoms with Crippen LogP contribution in [-0.4, -0.2) is 55.3 Å². The Kier molecular flexibility index (Phi) is 7.84. The molecular formula is C33H44N4O3. The normalized spacial score (nSPS) is 31.4. The average molecular weight is 545 g/mol. The number of benzene rings is 1. The molecule has 1 aromatic rings. The van der Waals surface area contributed by atoms with Crippen LogP contribution in [0.3, 0.4) is 0 Å². The number of rotatable bonds is 8. The van der Waals surface area contributed by atoms with Gasteiger partial charge in [0.15, 0.2) is 0 Å². The van der Waals surface area contributed by atoms with Gasteiger partial charge in [-0.15, -0.1) is 0 Å². The van der Waals surface area contributed by atoms with Gasteiger partial charge >= 0.3 is 0 Å². The van der Waals surface area contributed by atoms with E-state index in [-0.39, 0.29) is 23.1 Å². The molecule has 4 bridgehead atoms. The number of allylic oxidation sites excluding steroid dienone is 2. The molecule has 6 aliphatic rings. The first-order valence-corrected chi connectivity index (χ1v) is 15.4. The Morgan fingerprint density at radius 2 is 1.65 bits per heavy atom. The molecule has 5 aliphatic carbocycles. The van der Waals surface area contributed by atoms with Crippen molar-refractivity contribution in [3.63, 3.8) is 0 Å². The summed E-state index contributed by atoms with van der Waals surface area (Å²) < 4.78 is 5.61. The summed E-state index contributed by atoms with van der Waals surface area (Å²) in [5.41, 5.74) is 7.32. The van der Waals surface area contributed by atoms with Gasteiger partial charge in [0.05, 0.1) is 19.4 Å². The summed E-state index contributed by atoms with van der Waals surface area (Å²) in [6, 6.07) is 9.81. The number of hydrogen-bond donors (Lipinski definition) is 2. The second kappa shape index (κ2) is 11.5. The topological polar surface area (TPSA) is 83.0 Å². The molecule has 7 nitrogen and oxygen atoms in total. The maximum absolute atomic E-state index is 13.6. The number of carbonyl (C=O) groups is 2. The van der Waals surface area contributed by atoms with Crippen LogP contribution in [0.1, 0.15) is 70.8 Å². The highest BCUT2D eigenvalue weighted by Gasteiger charge is 2.55. The summed E-state index contributed by atoms with van der Waals surface area (Å²) in [5.74, 6) is 1.89. The van der Waals surface area contributed by atoms with Gasteiger partial charge in [-0.3, -0.25) is 9.59 Å². The van der Waals surface area contributed by atoms with Crippen LogP contribution >= 0.6 is 0 Å². The Balaban J connectivity index is 1.15. The van der Waals surface area contributed by atoms with Gasteiger partial charge in [-0.2, -0.15) is 5.10 Å². The molecule has 1 heterocycles. The molecule has 7 rings (SSSR count). The maximum Gasteiger partial charge on any atom is 0.262 e. The van der Waals surface area contributed by atoms with E-state index in [0.29, 0.717) is 31.0 Å². The Morgan fingerprint density at radius 1 is 1.00 bits per heavy atom. The van der Waals surface area contributed by atoms with E-state index >= 15 is 0 Å². The fraction of sp³-hybridized carbons (Fsp3) is 0.606. The Hall–Kier alpha value is -2.93. The van der Waals surface area contributed by atoms with Crippen molar-refractivity contribution < 1.29 is 14.3 Å². The lowest BCUT2D eigenvalue weighted by atomic mass is 9.49. The van der Waals surface area contributed by atoms with E-state index in [1.165, 1.54) is 36.1 Å². The molecule has 0 unspecified atom stereocenters. The van der Waals surface area contributed by atoms with Crippen LogP contribution in [0.25, 0.3) is 6.08 Å². The van der Waals surface area contributed by atoms with Gasteiger partial charge in [0, 0.05) is 24.2 Å². The minimum atomic E-state index is -0.595. The Labute approximate surface area is 238 Å². The van der Waals surface area contributed by atoms with Crippen molar-refractivity contribution in [1.82, 2.24) is 15.6 Å². The van der Waals surface area contributed by atoms with E-state index in [2.05, 4.69) is 51.1 Å². The van der Waals surface area contributed by atoms with E-state index in [0.717, 1.165) is 50.8 Å². The van der Waals surface area contributed by atoms with Gasteiger partial charge in [-0.1, -0.05) is 44.2 Å². The zero-order chi connectivity index (χ0) is 27.7. The molecule has 0 radical (unpaired) electrons. The number of morpholine rings is 1. The van der Waals surface area contributed by atoms with Gasteiger partial charge in [-0.25, -0.2) is 5.43 Å². The SMILES string of the molecule is CC(C)[C@H](NC(=O)C12CC3CC(CC(C3)C1)C2)C(=O)N/N=C\C1=C(N2CCOCC2)C(=C/c2ccccc2)/CC1. The number of nitrogens with zero attached hydrogens (tertiary/aromatic N) is 2. The van der Waals surface area contributed by atoms with Gasteiger partial charge in [0.1, 0.15) is 6.04 Å². The van der Waals surface area contributed by atoms with Gasteiger partial charge in [0.2, 0.25) is 5.91 Å². The fourth-order valence-corrected chi connectivity index (χ4v) is 8.38. The number of ether oxygens (including phenoxy) is 1. The zero-order valence-electron chi connectivity index (χ0n) is 24.0. The van der Waals surface area contributed by atoms with Crippen molar-refractivity contribution in [2.75, 3.05) is 26.3 Å². The molecular weight excluding hydrogens is 500 g/mol. The highest BCUT2D eigenvalue weighted by Crippen LogP contribution is 2.60. The number of nitrogens with one attached hydrogen (secondary N) is 2. The van der Waals surface area contributed by atoms with Gasteiger partial charge < -0.3 is 15.0 Å². The summed E-state index contributed by atoms with van der Waals surface area (Å²) in [7, 11) is 0. The molecule has 7 heteroatoms.